The summed E-state index contributed by atoms with van der Waals surface area (Å²) in [7, 11) is 0. The van der Waals surface area contributed by atoms with E-state index in [9.17, 15) is 13.2 Å². The van der Waals surface area contributed by atoms with Crippen LogP contribution >= 0.6 is 15.9 Å². The first-order chi connectivity index (χ1) is 7.47. The molecule has 0 aliphatic carbocycles. The van der Waals surface area contributed by atoms with E-state index in [1.54, 1.807) is 0 Å². The van der Waals surface area contributed by atoms with Gasteiger partial charge in [0.15, 0.2) is 0 Å². The summed E-state index contributed by atoms with van der Waals surface area (Å²) in [5.41, 5.74) is 0.0719. The molecule has 1 atom stereocenters. The summed E-state index contributed by atoms with van der Waals surface area (Å²) in [5, 5.41) is 9.23. The molecule has 5 heteroatoms. The number of halogens is 4. The molecule has 0 spiro atoms. The van der Waals surface area contributed by atoms with Gasteiger partial charge in [-0.2, -0.15) is 18.4 Å². The second kappa shape index (κ2) is 5.35. The molecular weight excluding hydrogens is 283 g/mol. The third-order valence-electron chi connectivity index (χ3n) is 2.13. The number of hydrogen-bond donors (Lipinski definition) is 0. The van der Waals surface area contributed by atoms with E-state index in [2.05, 4.69) is 22.0 Å². The van der Waals surface area contributed by atoms with Crippen molar-refractivity contribution in [2.45, 2.75) is 12.6 Å². The lowest BCUT2D eigenvalue weighted by molar-refractivity contribution is -0.137. The van der Waals surface area contributed by atoms with Gasteiger partial charge in [-0.1, -0.05) is 28.1 Å². The number of hydrogen-bond acceptors (Lipinski definition) is 1. The van der Waals surface area contributed by atoms with Crippen molar-refractivity contribution in [2.75, 3.05) is 5.33 Å². The van der Waals surface area contributed by atoms with Crippen molar-refractivity contribution < 1.29 is 13.2 Å². The molecule has 0 amide bonds. The van der Waals surface area contributed by atoms with Crippen LogP contribution in [0.15, 0.2) is 24.3 Å². The van der Waals surface area contributed by atoms with Gasteiger partial charge in [-0.15, -0.1) is 0 Å². The minimum absolute atomic E-state index is 0.211. The van der Waals surface area contributed by atoms with Crippen LogP contribution in [0.3, 0.4) is 0 Å². The molecule has 16 heavy (non-hydrogen) atoms. The quantitative estimate of drug-likeness (QED) is 0.778. The van der Waals surface area contributed by atoms with Crippen molar-refractivity contribution in [3.63, 3.8) is 0 Å². The number of nitriles is 1. The van der Waals surface area contributed by atoms with Crippen molar-refractivity contribution in [1.82, 2.24) is 0 Å². The number of nitrogens with zero attached hydrogens (tertiary/aromatic N) is 1. The second-order valence-electron chi connectivity index (χ2n) is 3.38. The fourth-order valence-corrected chi connectivity index (χ4v) is 1.62. The standard InChI is InChI=1S/C11H9BrF3N/c12-6-9(7-16)5-8-1-3-10(4-2-8)11(13,14)15/h1-4,9H,5-6H2. The summed E-state index contributed by atoms with van der Waals surface area (Å²) >= 11 is 3.18. The Morgan fingerprint density at radius 1 is 1.25 bits per heavy atom. The molecule has 0 aromatic heterocycles. The lowest BCUT2D eigenvalue weighted by Gasteiger charge is -2.08. The van der Waals surface area contributed by atoms with Gasteiger partial charge in [-0.25, -0.2) is 0 Å². The molecule has 0 fully saturated rings. The van der Waals surface area contributed by atoms with Crippen LogP contribution in [-0.4, -0.2) is 5.33 Å². The maximum absolute atomic E-state index is 12.3. The monoisotopic (exact) mass is 291 g/mol. The maximum Gasteiger partial charge on any atom is 0.416 e. The van der Waals surface area contributed by atoms with Crippen molar-refractivity contribution in [1.29, 1.82) is 5.26 Å². The Bertz CT molecular complexity index is 378. The van der Waals surface area contributed by atoms with Crippen molar-refractivity contribution in [2.24, 2.45) is 5.92 Å². The van der Waals surface area contributed by atoms with Gasteiger partial charge < -0.3 is 0 Å². The van der Waals surface area contributed by atoms with Gasteiger partial charge in [0.25, 0.3) is 0 Å². The normalized spacial score (nSPS) is 13.2. The number of rotatable bonds is 3. The fourth-order valence-electron chi connectivity index (χ4n) is 1.25. The van der Waals surface area contributed by atoms with Crippen LogP contribution in [0.25, 0.3) is 0 Å². The Morgan fingerprint density at radius 2 is 1.81 bits per heavy atom. The molecule has 1 aromatic rings. The second-order valence-corrected chi connectivity index (χ2v) is 4.03. The molecule has 0 saturated heterocycles. The zero-order valence-electron chi connectivity index (χ0n) is 8.26. The summed E-state index contributed by atoms with van der Waals surface area (Å²) in [4.78, 5) is 0. The molecule has 0 bridgehead atoms. The zero-order valence-corrected chi connectivity index (χ0v) is 9.85. The Balaban J connectivity index is 2.77. The molecule has 0 aliphatic rings. The van der Waals surface area contributed by atoms with E-state index in [0.29, 0.717) is 11.8 Å². The number of alkyl halides is 4. The highest BCUT2D eigenvalue weighted by atomic mass is 79.9. The van der Waals surface area contributed by atoms with Gasteiger partial charge in [-0.3, -0.25) is 0 Å². The molecule has 0 heterocycles. The molecule has 1 rings (SSSR count). The van der Waals surface area contributed by atoms with Gasteiger partial charge in [0.1, 0.15) is 0 Å². The Morgan fingerprint density at radius 3 is 2.19 bits per heavy atom. The average Bonchev–Trinajstić information content (AvgIpc) is 2.25. The highest BCUT2D eigenvalue weighted by Crippen LogP contribution is 2.29. The molecule has 0 N–H and O–H groups in total. The predicted octanol–water partition coefficient (Wildman–Crippen LogP) is 3.78. The summed E-state index contributed by atoms with van der Waals surface area (Å²) in [6.07, 6.45) is -3.84. The lowest BCUT2D eigenvalue weighted by atomic mass is 10.0. The van der Waals surface area contributed by atoms with Crippen LogP contribution in [0.1, 0.15) is 11.1 Å². The SMILES string of the molecule is N#CC(CBr)Cc1ccc(C(F)(F)F)cc1. The minimum Gasteiger partial charge on any atom is -0.198 e. The molecule has 1 nitrogen and oxygen atoms in total. The molecular formula is C11H9BrF3N. The molecule has 0 aliphatic heterocycles. The summed E-state index contributed by atoms with van der Waals surface area (Å²) in [5.74, 6) is -0.211. The van der Waals surface area contributed by atoms with Gasteiger partial charge >= 0.3 is 6.18 Å². The van der Waals surface area contributed by atoms with Crippen molar-refractivity contribution in [3.05, 3.63) is 35.4 Å². The van der Waals surface area contributed by atoms with Crippen LogP contribution in [0.2, 0.25) is 0 Å². The highest BCUT2D eigenvalue weighted by molar-refractivity contribution is 9.09. The topological polar surface area (TPSA) is 23.8 Å². The first-order valence-electron chi connectivity index (χ1n) is 4.59. The maximum atomic E-state index is 12.3. The van der Waals surface area contributed by atoms with Crippen molar-refractivity contribution >= 4 is 15.9 Å². The van der Waals surface area contributed by atoms with E-state index in [1.165, 1.54) is 12.1 Å². The zero-order chi connectivity index (χ0) is 12.2. The van der Waals surface area contributed by atoms with E-state index in [-0.39, 0.29) is 5.92 Å². The van der Waals surface area contributed by atoms with Crippen LogP contribution < -0.4 is 0 Å². The predicted molar refractivity (Wildman–Crippen MR) is 58.0 cm³/mol. The Hall–Kier alpha value is -1.02. The van der Waals surface area contributed by atoms with Gasteiger partial charge in [-0.05, 0) is 24.1 Å². The Kier molecular flexibility index (Phi) is 4.36. The van der Waals surface area contributed by atoms with Crippen LogP contribution in [0, 0.1) is 17.2 Å². The van der Waals surface area contributed by atoms with Gasteiger partial charge in [0.05, 0.1) is 17.6 Å². The van der Waals surface area contributed by atoms with Crippen LogP contribution in [-0.2, 0) is 12.6 Å². The molecule has 0 saturated carbocycles. The smallest absolute Gasteiger partial charge is 0.198 e. The molecule has 1 unspecified atom stereocenters. The van der Waals surface area contributed by atoms with E-state index >= 15 is 0 Å². The molecule has 0 radical (unpaired) electrons. The lowest BCUT2D eigenvalue weighted by Crippen LogP contribution is -2.06. The summed E-state index contributed by atoms with van der Waals surface area (Å²) in [6, 6.07) is 6.98. The summed E-state index contributed by atoms with van der Waals surface area (Å²) in [6.45, 7) is 0. The average molecular weight is 292 g/mol. The largest absolute Gasteiger partial charge is 0.416 e. The van der Waals surface area contributed by atoms with Crippen molar-refractivity contribution in [3.8, 4) is 6.07 Å². The van der Waals surface area contributed by atoms with E-state index in [4.69, 9.17) is 5.26 Å². The third kappa shape index (κ3) is 3.53. The van der Waals surface area contributed by atoms with E-state index in [1.807, 2.05) is 0 Å². The van der Waals surface area contributed by atoms with E-state index < -0.39 is 11.7 Å². The molecule has 1 aromatic carbocycles. The minimum atomic E-state index is -4.30. The summed E-state index contributed by atoms with van der Waals surface area (Å²) < 4.78 is 36.8. The Labute approximate surface area is 100 Å². The first kappa shape index (κ1) is 13.0. The first-order valence-corrected chi connectivity index (χ1v) is 5.71. The van der Waals surface area contributed by atoms with Crippen LogP contribution in [0.4, 0.5) is 13.2 Å². The van der Waals surface area contributed by atoms with Gasteiger partial charge in [0, 0.05) is 5.33 Å². The van der Waals surface area contributed by atoms with Gasteiger partial charge in [0.2, 0.25) is 0 Å². The van der Waals surface area contributed by atoms with Crippen LogP contribution in [0.5, 0.6) is 0 Å². The van der Waals surface area contributed by atoms with E-state index in [0.717, 1.165) is 17.7 Å². The highest BCUT2D eigenvalue weighted by Gasteiger charge is 2.29. The fraction of sp³-hybridized carbons (Fsp3) is 0.364. The number of benzene rings is 1. The third-order valence-corrected chi connectivity index (χ3v) is 2.91. The molecule has 86 valence electrons.